The Kier molecular flexibility index (Phi) is 16.4. The summed E-state index contributed by atoms with van der Waals surface area (Å²) < 4.78 is 34.9. The van der Waals surface area contributed by atoms with Gasteiger partial charge in [-0.15, -0.1) is 0 Å². The van der Waals surface area contributed by atoms with Crippen molar-refractivity contribution in [2.45, 2.75) is 51.3 Å². The normalized spacial score (nSPS) is 15.2. The van der Waals surface area contributed by atoms with Crippen LogP contribution >= 0.6 is 41.2 Å². The molecule has 26 heavy (non-hydrogen) atoms. The Morgan fingerprint density at radius 3 is 1.08 bits per heavy atom. The highest BCUT2D eigenvalue weighted by Crippen LogP contribution is 2.49. The van der Waals surface area contributed by atoms with Crippen molar-refractivity contribution < 1.29 is 26.6 Å². The van der Waals surface area contributed by atoms with Crippen LogP contribution in [0.4, 0.5) is 0 Å². The molecule has 2 atom stereocenters. The Morgan fingerprint density at radius 1 is 0.615 bits per heavy atom. The van der Waals surface area contributed by atoms with Gasteiger partial charge in [-0.3, -0.25) is 0 Å². The Hall–Kier alpha value is 1.59. The molecule has 0 rings (SSSR count). The molecule has 0 radical (unpaired) electrons. The zero-order chi connectivity index (χ0) is 20.1. The molecule has 0 bridgehead atoms. The molecule has 0 aromatic heterocycles. The van der Waals surface area contributed by atoms with Crippen molar-refractivity contribution in [2.75, 3.05) is 40.6 Å². The van der Waals surface area contributed by atoms with Gasteiger partial charge in [-0.1, -0.05) is 21.6 Å². The number of rotatable bonds is 17. The largest absolute Gasteiger partial charge is 0.515 e. The molecule has 2 unspecified atom stereocenters. The van der Waals surface area contributed by atoms with Crippen molar-refractivity contribution in [1.82, 2.24) is 0 Å². The van der Waals surface area contributed by atoms with Gasteiger partial charge in [0, 0.05) is 40.6 Å². The van der Waals surface area contributed by atoms with Crippen molar-refractivity contribution >= 4 is 58.8 Å². The number of hydrogen-bond acceptors (Lipinski definition) is 10. The maximum atomic E-state index is 5.89. The fourth-order valence-electron chi connectivity index (χ4n) is 2.19. The van der Waals surface area contributed by atoms with E-state index in [-0.39, 0.29) is 9.75 Å². The second-order valence-corrected chi connectivity index (χ2v) is 18.4. The van der Waals surface area contributed by atoms with Crippen molar-refractivity contribution in [3.63, 3.8) is 0 Å². The summed E-state index contributed by atoms with van der Waals surface area (Å²) in [5.41, 5.74) is 0. The Labute approximate surface area is 176 Å². The van der Waals surface area contributed by atoms with E-state index in [1.165, 1.54) is 0 Å². The lowest BCUT2D eigenvalue weighted by Crippen LogP contribution is -2.53. The van der Waals surface area contributed by atoms with Gasteiger partial charge in [-0.25, -0.2) is 0 Å². The molecule has 158 valence electrons. The zero-order valence-electron chi connectivity index (χ0n) is 17.1. The summed E-state index contributed by atoms with van der Waals surface area (Å²) in [6.45, 7) is 14.4. The topological polar surface area (TPSA) is 55.4 Å². The molecule has 0 N–H and O–H groups in total. The molecule has 0 heterocycles. The molecular formula is C14H34O6S4Si2. The van der Waals surface area contributed by atoms with Gasteiger partial charge >= 0.3 is 17.6 Å². The molecule has 0 aromatic rings. The van der Waals surface area contributed by atoms with Gasteiger partial charge in [0.15, 0.2) is 0 Å². The number of hydrogen-bond donors (Lipinski definition) is 0. The lowest BCUT2D eigenvalue weighted by molar-refractivity contribution is 0.0855. The fraction of sp³-hybridized carbons (Fsp3) is 1.00. The second kappa shape index (κ2) is 15.4. The van der Waals surface area contributed by atoms with Crippen LogP contribution in [0.5, 0.6) is 0 Å². The van der Waals surface area contributed by atoms with E-state index in [4.69, 9.17) is 26.6 Å². The minimum absolute atomic E-state index is 0.129. The molecule has 0 aliphatic rings. The van der Waals surface area contributed by atoms with Crippen LogP contribution in [0.3, 0.4) is 0 Å². The van der Waals surface area contributed by atoms with Crippen LogP contribution in [0.2, 0.25) is 0 Å². The summed E-state index contributed by atoms with van der Waals surface area (Å²) >= 11 is 0. The first-order valence-electron chi connectivity index (χ1n) is 8.73. The summed E-state index contributed by atoms with van der Waals surface area (Å²) in [5, 5.41) is 0. The molecule has 6 nitrogen and oxygen atoms in total. The van der Waals surface area contributed by atoms with E-state index in [0.717, 1.165) is 0 Å². The predicted octanol–water partition coefficient (Wildman–Crippen LogP) is 4.84. The van der Waals surface area contributed by atoms with Gasteiger partial charge in [-0.05, 0) is 61.2 Å². The average Bonchev–Trinajstić information content (AvgIpc) is 2.64. The molecule has 0 aliphatic heterocycles. The van der Waals surface area contributed by atoms with E-state index in [1.54, 1.807) is 55.5 Å². The lowest BCUT2D eigenvalue weighted by atomic mass is 10.9. The maximum absolute atomic E-state index is 5.89. The molecule has 0 fully saturated rings. The third kappa shape index (κ3) is 8.53. The van der Waals surface area contributed by atoms with Gasteiger partial charge < -0.3 is 26.6 Å². The van der Waals surface area contributed by atoms with Crippen LogP contribution in [0.25, 0.3) is 0 Å². The first-order valence-corrected chi connectivity index (χ1v) is 17.3. The van der Waals surface area contributed by atoms with Gasteiger partial charge in [0.05, 0.1) is 9.75 Å². The van der Waals surface area contributed by atoms with Crippen LogP contribution in [-0.2, 0) is 26.6 Å². The van der Waals surface area contributed by atoms with E-state index >= 15 is 0 Å². The SMILES string of the molecule is CCO[Si](OC)(OCC)C(C)SSSSC(C)[Si](OC)(OCC)OCC. The zero-order valence-corrected chi connectivity index (χ0v) is 22.3. The average molecular weight is 483 g/mol. The highest BCUT2D eigenvalue weighted by atomic mass is 33.7. The molecule has 0 aromatic carbocycles. The van der Waals surface area contributed by atoms with E-state index in [0.29, 0.717) is 26.4 Å². The van der Waals surface area contributed by atoms with Crippen LogP contribution in [0, 0.1) is 0 Å². The van der Waals surface area contributed by atoms with Crippen LogP contribution < -0.4 is 0 Å². The minimum Gasteiger partial charge on any atom is -0.376 e. The molecule has 0 saturated carbocycles. The molecule has 0 amide bonds. The first kappa shape index (κ1) is 27.6. The monoisotopic (exact) mass is 482 g/mol. The smallest absolute Gasteiger partial charge is 0.376 e. The van der Waals surface area contributed by atoms with E-state index in [1.807, 2.05) is 27.7 Å². The van der Waals surface area contributed by atoms with Gasteiger partial charge in [0.1, 0.15) is 0 Å². The van der Waals surface area contributed by atoms with Crippen molar-refractivity contribution in [1.29, 1.82) is 0 Å². The van der Waals surface area contributed by atoms with Crippen LogP contribution in [0.1, 0.15) is 41.5 Å². The van der Waals surface area contributed by atoms with Gasteiger partial charge in [0.25, 0.3) is 0 Å². The summed E-state index contributed by atoms with van der Waals surface area (Å²) in [6.07, 6.45) is 0. The molecule has 12 heteroatoms. The highest BCUT2D eigenvalue weighted by molar-refractivity contribution is 9.26. The maximum Gasteiger partial charge on any atom is 0.515 e. The molecule has 0 spiro atoms. The second-order valence-electron chi connectivity index (χ2n) is 4.96. The van der Waals surface area contributed by atoms with Crippen LogP contribution in [0.15, 0.2) is 0 Å². The summed E-state index contributed by atoms with van der Waals surface area (Å²) in [6, 6.07) is 0. The fourth-order valence-corrected chi connectivity index (χ4v) is 18.3. The third-order valence-electron chi connectivity index (χ3n) is 3.34. The summed E-state index contributed by atoms with van der Waals surface area (Å²) in [7, 11) is 4.83. The Bertz CT molecular complexity index is 315. The quantitative estimate of drug-likeness (QED) is 0.163. The Balaban J connectivity index is 4.61. The van der Waals surface area contributed by atoms with Crippen molar-refractivity contribution in [3.8, 4) is 0 Å². The van der Waals surface area contributed by atoms with E-state index in [2.05, 4.69) is 13.8 Å². The molecule has 0 aliphatic carbocycles. The summed E-state index contributed by atoms with van der Waals surface area (Å²) in [4.78, 5) is 0.257. The molecule has 0 saturated heterocycles. The predicted molar refractivity (Wildman–Crippen MR) is 121 cm³/mol. The van der Waals surface area contributed by atoms with E-state index < -0.39 is 17.6 Å². The van der Waals surface area contributed by atoms with Crippen molar-refractivity contribution in [2.24, 2.45) is 0 Å². The van der Waals surface area contributed by atoms with Gasteiger partial charge in [-0.2, -0.15) is 0 Å². The standard InChI is InChI=1S/C14H34O6S4Si2/c1-9-17-25(15-7,18-10-2)13(5)21-23-24-22-14(6)26(16-8,19-11-3)20-12-4/h13-14H,9-12H2,1-8H3. The van der Waals surface area contributed by atoms with Gasteiger partial charge in [0.2, 0.25) is 0 Å². The van der Waals surface area contributed by atoms with Crippen LogP contribution in [-0.4, -0.2) is 68.0 Å². The van der Waals surface area contributed by atoms with E-state index in [9.17, 15) is 0 Å². The molecular weight excluding hydrogens is 449 g/mol. The lowest BCUT2D eigenvalue weighted by Gasteiger charge is -2.32. The minimum atomic E-state index is -2.66. The highest BCUT2D eigenvalue weighted by Gasteiger charge is 2.48. The van der Waals surface area contributed by atoms with Crippen molar-refractivity contribution in [3.05, 3.63) is 0 Å². The first-order chi connectivity index (χ1) is 12.4. The summed E-state index contributed by atoms with van der Waals surface area (Å²) in [5.74, 6) is 0. The Morgan fingerprint density at radius 2 is 0.885 bits per heavy atom. The third-order valence-corrected chi connectivity index (χ3v) is 19.3.